The second-order valence-corrected chi connectivity index (χ2v) is 9.85. The molecule has 1 heterocycles. The van der Waals surface area contributed by atoms with Crippen molar-refractivity contribution in [1.82, 2.24) is 20.3 Å². The number of nitrogens with one attached hydrogen (secondary N) is 1. The molecule has 37 heavy (non-hydrogen) atoms. The molecule has 0 aliphatic rings. The Labute approximate surface area is 233 Å². The zero-order valence-corrected chi connectivity index (χ0v) is 22.6. The van der Waals surface area contributed by atoms with E-state index in [9.17, 15) is 9.90 Å². The third-order valence-corrected chi connectivity index (χ3v) is 6.62. The second-order valence-electron chi connectivity index (χ2n) is 8.16. The fourth-order valence-electron chi connectivity index (χ4n) is 3.80. The van der Waals surface area contributed by atoms with Gasteiger partial charge in [-0.1, -0.05) is 76.7 Å². The molecule has 3 aromatic carbocycles. The molecule has 192 valence electrons. The Morgan fingerprint density at radius 3 is 1.95 bits per heavy atom. The highest BCUT2D eigenvalue weighted by Gasteiger charge is 2.25. The number of methoxy groups -OCH3 is 1. The lowest BCUT2D eigenvalue weighted by atomic mass is 10.0. The molecular formula is C26H22Cl4N4O3. The van der Waals surface area contributed by atoms with Crippen LogP contribution in [0.25, 0.3) is 22.5 Å². The fraction of sp³-hybridized carbons (Fsp3) is 0.192. The summed E-state index contributed by atoms with van der Waals surface area (Å²) in [6.07, 6.45) is -0.970. The smallest absolute Gasteiger partial charge is 0.244 e. The van der Waals surface area contributed by atoms with Crippen LogP contribution < -0.4 is 5.32 Å². The van der Waals surface area contributed by atoms with Crippen LogP contribution in [0.15, 0.2) is 66.7 Å². The summed E-state index contributed by atoms with van der Waals surface area (Å²) in [5, 5.41) is 24.3. The Morgan fingerprint density at radius 1 is 0.919 bits per heavy atom. The summed E-state index contributed by atoms with van der Waals surface area (Å²) in [4.78, 5) is 14.2. The van der Waals surface area contributed by atoms with E-state index in [-0.39, 0.29) is 13.2 Å². The highest BCUT2D eigenvalue weighted by Crippen LogP contribution is 2.38. The first kappa shape index (κ1) is 27.4. The van der Waals surface area contributed by atoms with Crippen molar-refractivity contribution in [3.8, 4) is 22.5 Å². The number of benzene rings is 3. The molecule has 0 saturated heterocycles. The van der Waals surface area contributed by atoms with Gasteiger partial charge in [0.2, 0.25) is 5.91 Å². The van der Waals surface area contributed by atoms with E-state index in [2.05, 4.69) is 15.5 Å². The maximum Gasteiger partial charge on any atom is 0.244 e. The third kappa shape index (κ3) is 6.62. The molecule has 0 saturated carbocycles. The van der Waals surface area contributed by atoms with E-state index >= 15 is 0 Å². The van der Waals surface area contributed by atoms with Gasteiger partial charge in [0.05, 0.1) is 22.7 Å². The van der Waals surface area contributed by atoms with Gasteiger partial charge in [-0.2, -0.15) is 15.0 Å². The van der Waals surface area contributed by atoms with Gasteiger partial charge in [0.15, 0.2) is 0 Å². The summed E-state index contributed by atoms with van der Waals surface area (Å²) in [6.45, 7) is -0.128. The van der Waals surface area contributed by atoms with Crippen LogP contribution in [0.1, 0.15) is 11.7 Å². The first-order valence-corrected chi connectivity index (χ1v) is 12.6. The van der Waals surface area contributed by atoms with Crippen molar-refractivity contribution in [1.29, 1.82) is 0 Å². The molecule has 0 spiro atoms. The van der Waals surface area contributed by atoms with Crippen LogP contribution in [0.5, 0.6) is 0 Å². The Bertz CT molecular complexity index is 1330. The van der Waals surface area contributed by atoms with Crippen molar-refractivity contribution in [2.45, 2.75) is 18.7 Å². The minimum Gasteiger partial charge on any atom is -0.386 e. The van der Waals surface area contributed by atoms with E-state index in [4.69, 9.17) is 51.1 Å². The number of ether oxygens (including phenoxy) is 1. The standard InChI is InChI=1S/C26H22Cl4N4O3/c1-37-14-22(26(36)15-5-3-2-4-6-15)31-23(35)13-34-32-24(18-9-7-16(27)11-20(18)29)25(33-34)19-10-8-17(28)12-21(19)30/h2-12,22,26,36H,13-14H2,1H3,(H,31,35)/t22-,26-/m0/s1. The van der Waals surface area contributed by atoms with E-state index in [0.717, 1.165) is 0 Å². The van der Waals surface area contributed by atoms with E-state index in [0.29, 0.717) is 48.2 Å². The fourth-order valence-corrected chi connectivity index (χ4v) is 4.80. The van der Waals surface area contributed by atoms with Crippen molar-refractivity contribution in [2.75, 3.05) is 13.7 Å². The van der Waals surface area contributed by atoms with Crippen LogP contribution in [-0.2, 0) is 16.1 Å². The van der Waals surface area contributed by atoms with Gasteiger partial charge in [0.1, 0.15) is 24.0 Å². The van der Waals surface area contributed by atoms with Gasteiger partial charge in [0.25, 0.3) is 0 Å². The van der Waals surface area contributed by atoms with E-state index in [1.807, 2.05) is 18.2 Å². The van der Waals surface area contributed by atoms with E-state index in [1.165, 1.54) is 11.9 Å². The van der Waals surface area contributed by atoms with Gasteiger partial charge in [-0.25, -0.2) is 0 Å². The number of carbonyl (C=O) groups is 1. The number of aliphatic hydroxyl groups is 1. The van der Waals surface area contributed by atoms with Crippen molar-refractivity contribution >= 4 is 52.3 Å². The highest BCUT2D eigenvalue weighted by atomic mass is 35.5. The predicted octanol–water partition coefficient (Wildman–Crippen LogP) is 6.09. The lowest BCUT2D eigenvalue weighted by Crippen LogP contribution is -2.44. The van der Waals surface area contributed by atoms with Crippen molar-refractivity contribution in [3.05, 3.63) is 92.4 Å². The minimum atomic E-state index is -0.970. The molecule has 2 atom stereocenters. The van der Waals surface area contributed by atoms with Gasteiger partial charge in [-0.3, -0.25) is 4.79 Å². The molecule has 4 rings (SSSR count). The number of halogens is 4. The molecule has 0 radical (unpaired) electrons. The summed E-state index contributed by atoms with van der Waals surface area (Å²) in [5.74, 6) is -0.422. The molecule has 1 aromatic heterocycles. The maximum absolute atomic E-state index is 13.0. The van der Waals surface area contributed by atoms with Crippen LogP contribution in [0.2, 0.25) is 20.1 Å². The molecule has 4 aromatic rings. The summed E-state index contributed by atoms with van der Waals surface area (Å²) in [6, 6.07) is 18.3. The summed E-state index contributed by atoms with van der Waals surface area (Å²) in [7, 11) is 1.50. The number of aliphatic hydroxyl groups excluding tert-OH is 1. The Kier molecular flexibility index (Phi) is 9.08. The number of nitrogens with zero attached hydrogens (tertiary/aromatic N) is 3. The van der Waals surface area contributed by atoms with Gasteiger partial charge >= 0.3 is 0 Å². The molecule has 2 N–H and O–H groups in total. The topological polar surface area (TPSA) is 89.3 Å². The number of aromatic nitrogens is 3. The van der Waals surface area contributed by atoms with E-state index < -0.39 is 18.1 Å². The van der Waals surface area contributed by atoms with Gasteiger partial charge < -0.3 is 15.2 Å². The number of amides is 1. The van der Waals surface area contributed by atoms with Gasteiger partial charge in [0, 0.05) is 28.3 Å². The van der Waals surface area contributed by atoms with Crippen molar-refractivity contribution in [3.63, 3.8) is 0 Å². The Hall–Kier alpha value is -2.65. The zero-order chi connectivity index (χ0) is 26.5. The molecular weight excluding hydrogens is 558 g/mol. The number of hydrogen-bond donors (Lipinski definition) is 2. The lowest BCUT2D eigenvalue weighted by molar-refractivity contribution is -0.124. The largest absolute Gasteiger partial charge is 0.386 e. The number of rotatable bonds is 9. The summed E-state index contributed by atoms with van der Waals surface area (Å²) in [5.41, 5.74) is 2.61. The van der Waals surface area contributed by atoms with Crippen LogP contribution in [0.4, 0.5) is 0 Å². The summed E-state index contributed by atoms with van der Waals surface area (Å²) < 4.78 is 5.22. The molecule has 0 unspecified atom stereocenters. The minimum absolute atomic E-state index is 0.103. The lowest BCUT2D eigenvalue weighted by Gasteiger charge is -2.23. The molecule has 0 bridgehead atoms. The Balaban J connectivity index is 1.64. The third-order valence-electron chi connectivity index (χ3n) is 5.53. The number of hydrogen-bond acceptors (Lipinski definition) is 5. The molecule has 11 heteroatoms. The highest BCUT2D eigenvalue weighted by molar-refractivity contribution is 6.37. The SMILES string of the molecule is COC[C@H](NC(=O)Cn1nc(-c2ccc(Cl)cc2Cl)c(-c2ccc(Cl)cc2Cl)n1)[C@@H](O)c1ccccc1. The predicted molar refractivity (Wildman–Crippen MR) is 146 cm³/mol. The van der Waals surface area contributed by atoms with Crippen LogP contribution in [-0.4, -0.2) is 45.8 Å². The van der Waals surface area contributed by atoms with Crippen LogP contribution in [0, 0.1) is 0 Å². The summed E-state index contributed by atoms with van der Waals surface area (Å²) >= 11 is 25.1. The second kappa shape index (κ2) is 12.3. The van der Waals surface area contributed by atoms with Gasteiger partial charge in [-0.05, 0) is 42.0 Å². The maximum atomic E-state index is 13.0. The number of carbonyl (C=O) groups excluding carboxylic acids is 1. The van der Waals surface area contributed by atoms with Crippen molar-refractivity contribution < 1.29 is 14.6 Å². The monoisotopic (exact) mass is 578 g/mol. The Morgan fingerprint density at radius 2 is 1.46 bits per heavy atom. The molecule has 7 nitrogen and oxygen atoms in total. The van der Waals surface area contributed by atoms with Crippen LogP contribution in [0.3, 0.4) is 0 Å². The van der Waals surface area contributed by atoms with Gasteiger partial charge in [-0.15, -0.1) is 0 Å². The van der Waals surface area contributed by atoms with E-state index in [1.54, 1.807) is 48.5 Å². The normalized spacial score (nSPS) is 12.8. The molecule has 1 amide bonds. The quantitative estimate of drug-likeness (QED) is 0.250. The molecule has 0 fully saturated rings. The first-order chi connectivity index (χ1) is 17.8. The first-order valence-electron chi connectivity index (χ1n) is 11.1. The zero-order valence-electron chi connectivity index (χ0n) is 19.5. The molecule has 0 aliphatic heterocycles. The average molecular weight is 580 g/mol. The van der Waals surface area contributed by atoms with Crippen LogP contribution >= 0.6 is 46.4 Å². The van der Waals surface area contributed by atoms with Crippen molar-refractivity contribution in [2.24, 2.45) is 0 Å². The average Bonchev–Trinajstić information content (AvgIpc) is 3.26. The molecule has 0 aliphatic carbocycles.